The Kier molecular flexibility index (Phi) is 12.5. The highest BCUT2D eigenvalue weighted by atomic mass is 127. The molecule has 1 atom stereocenters. The quantitative estimate of drug-likeness (QED) is 0.276. The summed E-state index contributed by atoms with van der Waals surface area (Å²) in [6, 6.07) is 8.65. The number of nitrogens with two attached hydrogens (primary N) is 1. The van der Waals surface area contributed by atoms with Gasteiger partial charge in [0, 0.05) is 24.7 Å². The molecule has 1 aliphatic rings. The second kappa shape index (κ2) is 14.0. The first-order valence-electron chi connectivity index (χ1n) is 10.4. The molecule has 160 valence electrons. The number of hydrogen-bond donors (Lipinski definition) is 2. The number of aliphatic imine (C=N–C) groups is 1. The van der Waals surface area contributed by atoms with Gasteiger partial charge in [0.1, 0.15) is 12.4 Å². The first-order valence-corrected chi connectivity index (χ1v) is 10.4. The third kappa shape index (κ3) is 8.13. The van der Waals surface area contributed by atoms with Gasteiger partial charge in [-0.15, -0.1) is 24.0 Å². The molecule has 28 heavy (non-hydrogen) atoms. The molecular formula is C21H38IN5O. The zero-order valence-corrected chi connectivity index (χ0v) is 20.0. The van der Waals surface area contributed by atoms with Crippen LogP contribution >= 0.6 is 24.0 Å². The average Bonchev–Trinajstić information content (AvgIpc) is 3.16. The van der Waals surface area contributed by atoms with Crippen molar-refractivity contribution in [1.29, 1.82) is 0 Å². The smallest absolute Gasteiger partial charge is 0.188 e. The fraction of sp³-hybridized carbons (Fsp3) is 0.667. The standard InChI is InChI=1S/C21H37N5O.HI/c1-4-25(5-2)14-15-27-20-12-8-7-10-18(20)16-23-21(22)24-17-19-11-9-13-26(19)6-3;/h7-8,10,12,19H,4-6,9,11,13-17H2,1-3H3,(H3,22,23,24);1H. The monoisotopic (exact) mass is 503 g/mol. The molecule has 2 rings (SSSR count). The van der Waals surface area contributed by atoms with E-state index >= 15 is 0 Å². The van der Waals surface area contributed by atoms with Crippen molar-refractivity contribution in [1.82, 2.24) is 15.1 Å². The fourth-order valence-corrected chi connectivity index (χ4v) is 3.59. The van der Waals surface area contributed by atoms with Gasteiger partial charge in [0.25, 0.3) is 0 Å². The van der Waals surface area contributed by atoms with E-state index in [9.17, 15) is 0 Å². The maximum absolute atomic E-state index is 6.09. The normalized spacial score (nSPS) is 17.6. The number of guanidine groups is 1. The molecule has 1 aromatic rings. The molecule has 7 heteroatoms. The zero-order chi connectivity index (χ0) is 19.5. The van der Waals surface area contributed by atoms with Gasteiger partial charge in [-0.3, -0.25) is 4.90 Å². The van der Waals surface area contributed by atoms with E-state index in [1.807, 2.05) is 18.2 Å². The van der Waals surface area contributed by atoms with E-state index in [4.69, 9.17) is 10.5 Å². The molecule has 1 saturated heterocycles. The molecular weight excluding hydrogens is 465 g/mol. The van der Waals surface area contributed by atoms with Gasteiger partial charge in [0.15, 0.2) is 5.96 Å². The first-order chi connectivity index (χ1) is 13.2. The molecule has 0 aromatic heterocycles. The van der Waals surface area contributed by atoms with Crippen LogP contribution in [0.25, 0.3) is 0 Å². The summed E-state index contributed by atoms with van der Waals surface area (Å²) >= 11 is 0. The van der Waals surface area contributed by atoms with Crippen LogP contribution in [0.5, 0.6) is 5.75 Å². The Morgan fingerprint density at radius 1 is 1.29 bits per heavy atom. The molecule has 1 unspecified atom stereocenters. The average molecular weight is 503 g/mol. The number of benzene rings is 1. The summed E-state index contributed by atoms with van der Waals surface area (Å²) in [4.78, 5) is 9.37. The van der Waals surface area contributed by atoms with Crippen molar-refractivity contribution in [2.75, 3.05) is 45.9 Å². The highest BCUT2D eigenvalue weighted by molar-refractivity contribution is 14.0. The van der Waals surface area contributed by atoms with Gasteiger partial charge in [-0.1, -0.05) is 39.0 Å². The van der Waals surface area contributed by atoms with Crippen LogP contribution in [0.4, 0.5) is 0 Å². The molecule has 0 radical (unpaired) electrons. The molecule has 0 bridgehead atoms. The van der Waals surface area contributed by atoms with E-state index in [1.165, 1.54) is 19.4 Å². The highest BCUT2D eigenvalue weighted by Gasteiger charge is 2.22. The van der Waals surface area contributed by atoms with E-state index in [1.54, 1.807) is 0 Å². The second-order valence-electron chi connectivity index (χ2n) is 6.99. The van der Waals surface area contributed by atoms with Crippen LogP contribution in [0.15, 0.2) is 29.3 Å². The number of nitrogens with zero attached hydrogens (tertiary/aromatic N) is 3. The van der Waals surface area contributed by atoms with Crippen molar-refractivity contribution in [3.05, 3.63) is 29.8 Å². The summed E-state index contributed by atoms with van der Waals surface area (Å²) in [6.45, 7) is 14.0. The van der Waals surface area contributed by atoms with E-state index in [-0.39, 0.29) is 24.0 Å². The van der Waals surface area contributed by atoms with Crippen LogP contribution in [0.3, 0.4) is 0 Å². The van der Waals surface area contributed by atoms with Gasteiger partial charge in [-0.05, 0) is 45.1 Å². The molecule has 0 aliphatic carbocycles. The number of nitrogens with one attached hydrogen (secondary N) is 1. The van der Waals surface area contributed by atoms with Crippen LogP contribution < -0.4 is 15.8 Å². The van der Waals surface area contributed by atoms with Crippen LogP contribution in [-0.2, 0) is 6.54 Å². The summed E-state index contributed by atoms with van der Waals surface area (Å²) < 4.78 is 5.99. The van der Waals surface area contributed by atoms with E-state index in [2.05, 4.69) is 46.9 Å². The molecule has 1 aliphatic heterocycles. The molecule has 6 nitrogen and oxygen atoms in total. The number of hydrogen-bond acceptors (Lipinski definition) is 4. The van der Waals surface area contributed by atoms with Crippen molar-refractivity contribution in [3.63, 3.8) is 0 Å². The van der Waals surface area contributed by atoms with Crippen molar-refractivity contribution in [2.45, 2.75) is 46.2 Å². The summed E-state index contributed by atoms with van der Waals surface area (Å²) in [5, 5.41) is 3.29. The minimum Gasteiger partial charge on any atom is -0.492 e. The SMILES string of the molecule is CCN(CC)CCOc1ccccc1CN=C(N)NCC1CCCN1CC.I. The third-order valence-corrected chi connectivity index (χ3v) is 5.38. The highest BCUT2D eigenvalue weighted by Crippen LogP contribution is 2.19. The van der Waals surface area contributed by atoms with Crippen LogP contribution in [-0.4, -0.2) is 67.7 Å². The van der Waals surface area contributed by atoms with Gasteiger partial charge in [0.05, 0.1) is 6.54 Å². The minimum atomic E-state index is 0. The summed E-state index contributed by atoms with van der Waals surface area (Å²) in [5.74, 6) is 1.41. The third-order valence-electron chi connectivity index (χ3n) is 5.38. The van der Waals surface area contributed by atoms with Gasteiger partial charge in [0.2, 0.25) is 0 Å². The van der Waals surface area contributed by atoms with Crippen molar-refractivity contribution in [3.8, 4) is 5.75 Å². The fourth-order valence-electron chi connectivity index (χ4n) is 3.59. The Bertz CT molecular complexity index is 580. The Labute approximate surface area is 187 Å². The predicted octanol–water partition coefficient (Wildman–Crippen LogP) is 2.91. The van der Waals surface area contributed by atoms with E-state index in [0.29, 0.717) is 25.2 Å². The minimum absolute atomic E-state index is 0. The lowest BCUT2D eigenvalue weighted by Crippen LogP contribution is -2.42. The number of para-hydroxylation sites is 1. The van der Waals surface area contributed by atoms with Crippen molar-refractivity contribution >= 4 is 29.9 Å². The first kappa shape index (κ1) is 25.0. The predicted molar refractivity (Wildman–Crippen MR) is 129 cm³/mol. The Hall–Kier alpha value is -1.06. The maximum atomic E-state index is 6.09. The largest absolute Gasteiger partial charge is 0.492 e. The second-order valence-corrected chi connectivity index (χ2v) is 6.99. The Balaban J connectivity index is 0.00000392. The summed E-state index contributed by atoms with van der Waals surface area (Å²) in [5.41, 5.74) is 7.15. The molecule has 3 N–H and O–H groups in total. The molecule has 0 saturated carbocycles. The summed E-state index contributed by atoms with van der Waals surface area (Å²) in [7, 11) is 0. The molecule has 0 spiro atoms. The molecule has 0 amide bonds. The number of halogens is 1. The van der Waals surface area contributed by atoms with Crippen LogP contribution in [0.1, 0.15) is 39.2 Å². The van der Waals surface area contributed by atoms with Gasteiger partial charge in [-0.25, -0.2) is 4.99 Å². The molecule has 1 aromatic carbocycles. The maximum Gasteiger partial charge on any atom is 0.188 e. The van der Waals surface area contributed by atoms with Crippen LogP contribution in [0.2, 0.25) is 0 Å². The van der Waals surface area contributed by atoms with E-state index in [0.717, 1.165) is 44.0 Å². The summed E-state index contributed by atoms with van der Waals surface area (Å²) in [6.07, 6.45) is 2.51. The van der Waals surface area contributed by atoms with E-state index < -0.39 is 0 Å². The zero-order valence-electron chi connectivity index (χ0n) is 17.7. The molecule has 1 heterocycles. The van der Waals surface area contributed by atoms with Crippen molar-refractivity contribution in [2.24, 2.45) is 10.7 Å². The Morgan fingerprint density at radius 2 is 2.04 bits per heavy atom. The van der Waals surface area contributed by atoms with Crippen LogP contribution in [0, 0.1) is 0 Å². The van der Waals surface area contributed by atoms with Crippen molar-refractivity contribution < 1.29 is 4.74 Å². The Morgan fingerprint density at radius 3 is 2.75 bits per heavy atom. The van der Waals surface area contributed by atoms with Gasteiger partial charge in [-0.2, -0.15) is 0 Å². The molecule has 1 fully saturated rings. The number of likely N-dealkylation sites (tertiary alicyclic amines) is 1. The van der Waals surface area contributed by atoms with Gasteiger partial charge < -0.3 is 20.7 Å². The lowest BCUT2D eigenvalue weighted by Gasteiger charge is -2.23. The topological polar surface area (TPSA) is 66.1 Å². The van der Waals surface area contributed by atoms with Gasteiger partial charge >= 0.3 is 0 Å². The lowest BCUT2D eigenvalue weighted by molar-refractivity contribution is 0.221. The number of ether oxygens (including phenoxy) is 1. The lowest BCUT2D eigenvalue weighted by atomic mass is 10.2. The number of rotatable bonds is 11. The number of likely N-dealkylation sites (N-methyl/N-ethyl adjacent to an activating group) is 2.